The quantitative estimate of drug-likeness (QED) is 0.516. The maximum absolute atomic E-state index is 12.1. The van der Waals surface area contributed by atoms with Gasteiger partial charge < -0.3 is 5.32 Å². The lowest BCUT2D eigenvalue weighted by atomic mass is 10.2. The van der Waals surface area contributed by atoms with Crippen LogP contribution < -0.4 is 5.32 Å². The fraction of sp³-hybridized carbons (Fsp3) is 0.800. The topological polar surface area (TPSA) is 110 Å². The van der Waals surface area contributed by atoms with E-state index in [1.54, 1.807) is 11.7 Å². The smallest absolute Gasteiger partial charge is 0.238 e. The van der Waals surface area contributed by atoms with Gasteiger partial charge in [-0.1, -0.05) is 11.8 Å². The maximum atomic E-state index is 12.1. The third-order valence-corrected chi connectivity index (χ3v) is 5.45. The molecule has 118 valence electrons. The van der Waals surface area contributed by atoms with Crippen LogP contribution in [0.25, 0.3) is 0 Å². The first-order chi connectivity index (χ1) is 9.89. The lowest BCUT2D eigenvalue weighted by Crippen LogP contribution is -2.46. The maximum Gasteiger partial charge on any atom is 0.238 e. The minimum absolute atomic E-state index is 0.241. The molecule has 1 aromatic heterocycles. The normalized spacial score (nSPS) is 19.8. The van der Waals surface area contributed by atoms with Crippen molar-refractivity contribution in [3.63, 3.8) is 0 Å². The summed E-state index contributed by atoms with van der Waals surface area (Å²) in [6.45, 7) is 0.848. The summed E-state index contributed by atoms with van der Waals surface area (Å²) in [5.74, 6) is 0.376. The van der Waals surface area contributed by atoms with Crippen LogP contribution in [0.2, 0.25) is 0 Å². The molecule has 1 saturated heterocycles. The SMILES string of the molecule is Cn1nnnc1SCCNC(=O)[C@@H]1CCCN1S(C)(=O)=O. The number of amides is 1. The molecule has 0 aromatic carbocycles. The van der Waals surface area contributed by atoms with Crippen molar-refractivity contribution in [3.05, 3.63) is 0 Å². The first-order valence-electron chi connectivity index (χ1n) is 6.49. The van der Waals surface area contributed by atoms with Gasteiger partial charge in [-0.3, -0.25) is 4.79 Å². The van der Waals surface area contributed by atoms with Crippen LogP contribution in [-0.2, 0) is 21.9 Å². The molecule has 1 atom stereocenters. The van der Waals surface area contributed by atoms with Gasteiger partial charge >= 0.3 is 0 Å². The van der Waals surface area contributed by atoms with E-state index < -0.39 is 16.1 Å². The van der Waals surface area contributed by atoms with Crippen LogP contribution in [-0.4, -0.2) is 70.0 Å². The molecule has 0 unspecified atom stereocenters. The Morgan fingerprint density at radius 2 is 2.29 bits per heavy atom. The standard InChI is InChI=1S/C10H18N6O3S2/c1-15-10(12-13-14-15)20-7-5-11-9(17)8-4-3-6-16(8)21(2,18)19/h8H,3-7H2,1-2H3,(H,11,17)/t8-/m0/s1. The molecule has 0 bridgehead atoms. The van der Waals surface area contributed by atoms with Gasteiger partial charge in [0.15, 0.2) is 0 Å². The van der Waals surface area contributed by atoms with Gasteiger partial charge in [-0.2, -0.15) is 4.31 Å². The van der Waals surface area contributed by atoms with E-state index in [-0.39, 0.29) is 5.91 Å². The number of tetrazole rings is 1. The van der Waals surface area contributed by atoms with Crippen molar-refractivity contribution in [1.29, 1.82) is 0 Å². The first kappa shape index (κ1) is 16.2. The molecule has 11 heteroatoms. The lowest BCUT2D eigenvalue weighted by molar-refractivity contribution is -0.124. The van der Waals surface area contributed by atoms with Crippen molar-refractivity contribution < 1.29 is 13.2 Å². The molecule has 2 rings (SSSR count). The zero-order valence-electron chi connectivity index (χ0n) is 11.9. The van der Waals surface area contributed by atoms with Crippen LogP contribution in [0.5, 0.6) is 0 Å². The van der Waals surface area contributed by atoms with Crippen LogP contribution in [0.4, 0.5) is 0 Å². The molecule has 1 aromatic rings. The van der Waals surface area contributed by atoms with E-state index in [0.717, 1.165) is 6.26 Å². The van der Waals surface area contributed by atoms with Gasteiger partial charge in [0.25, 0.3) is 0 Å². The van der Waals surface area contributed by atoms with Crippen molar-refractivity contribution in [2.45, 2.75) is 24.0 Å². The second-order valence-electron chi connectivity index (χ2n) is 4.76. The van der Waals surface area contributed by atoms with Crippen LogP contribution in [0.15, 0.2) is 5.16 Å². The Balaban J connectivity index is 1.78. The molecule has 0 saturated carbocycles. The van der Waals surface area contributed by atoms with E-state index in [4.69, 9.17) is 0 Å². The summed E-state index contributed by atoms with van der Waals surface area (Å²) in [5.41, 5.74) is 0. The Hall–Kier alpha value is -1.20. The monoisotopic (exact) mass is 334 g/mol. The number of nitrogens with zero attached hydrogens (tertiary/aromatic N) is 5. The number of aryl methyl sites for hydroxylation is 1. The number of sulfonamides is 1. The van der Waals surface area contributed by atoms with Gasteiger partial charge in [-0.15, -0.1) is 5.10 Å². The van der Waals surface area contributed by atoms with Crippen LogP contribution in [0.1, 0.15) is 12.8 Å². The summed E-state index contributed by atoms with van der Waals surface area (Å²) in [7, 11) is -1.59. The number of carbonyl (C=O) groups excluding carboxylic acids is 1. The number of hydrogen-bond donors (Lipinski definition) is 1. The third kappa shape index (κ3) is 4.14. The number of aromatic nitrogens is 4. The largest absolute Gasteiger partial charge is 0.354 e. The second kappa shape index (κ2) is 6.71. The predicted molar refractivity (Wildman–Crippen MR) is 77.1 cm³/mol. The molecule has 2 heterocycles. The van der Waals surface area contributed by atoms with Crippen molar-refractivity contribution in [1.82, 2.24) is 29.8 Å². The summed E-state index contributed by atoms with van der Waals surface area (Å²) >= 11 is 1.42. The summed E-state index contributed by atoms with van der Waals surface area (Å²) < 4.78 is 26.0. The van der Waals surface area contributed by atoms with Crippen molar-refractivity contribution in [3.8, 4) is 0 Å². The van der Waals surface area contributed by atoms with Crippen molar-refractivity contribution in [2.75, 3.05) is 25.1 Å². The van der Waals surface area contributed by atoms with Crippen molar-refractivity contribution in [2.24, 2.45) is 7.05 Å². The Morgan fingerprint density at radius 3 is 2.90 bits per heavy atom. The molecule has 0 aliphatic carbocycles. The number of rotatable bonds is 6. The number of carbonyl (C=O) groups is 1. The molecule has 9 nitrogen and oxygen atoms in total. The minimum atomic E-state index is -3.33. The highest BCUT2D eigenvalue weighted by molar-refractivity contribution is 7.99. The molecule has 21 heavy (non-hydrogen) atoms. The molecule has 0 spiro atoms. The van der Waals surface area contributed by atoms with Crippen molar-refractivity contribution >= 4 is 27.7 Å². The van der Waals surface area contributed by atoms with Crippen LogP contribution >= 0.6 is 11.8 Å². The van der Waals surface area contributed by atoms with E-state index in [9.17, 15) is 13.2 Å². The van der Waals surface area contributed by atoms with E-state index >= 15 is 0 Å². The highest BCUT2D eigenvalue weighted by Crippen LogP contribution is 2.20. The average molecular weight is 334 g/mol. The van der Waals surface area contributed by atoms with E-state index in [1.165, 1.54) is 16.1 Å². The lowest BCUT2D eigenvalue weighted by Gasteiger charge is -2.21. The first-order valence-corrected chi connectivity index (χ1v) is 9.32. The molecule has 1 aliphatic rings. The molecule has 0 radical (unpaired) electrons. The van der Waals surface area contributed by atoms with Gasteiger partial charge in [0, 0.05) is 25.9 Å². The van der Waals surface area contributed by atoms with E-state index in [0.29, 0.717) is 36.8 Å². The Morgan fingerprint density at radius 1 is 1.52 bits per heavy atom. The molecular weight excluding hydrogens is 316 g/mol. The molecule has 1 amide bonds. The zero-order chi connectivity index (χ0) is 15.5. The highest BCUT2D eigenvalue weighted by atomic mass is 32.2. The molecule has 1 fully saturated rings. The molecular formula is C10H18N6O3S2. The van der Waals surface area contributed by atoms with Gasteiger partial charge in [0.1, 0.15) is 6.04 Å². The Kier molecular flexibility index (Phi) is 5.17. The van der Waals surface area contributed by atoms with Crippen LogP contribution in [0.3, 0.4) is 0 Å². The fourth-order valence-electron chi connectivity index (χ4n) is 2.18. The average Bonchev–Trinajstić information content (AvgIpc) is 3.02. The number of nitrogens with one attached hydrogen (secondary N) is 1. The van der Waals surface area contributed by atoms with Gasteiger partial charge in [0.05, 0.1) is 6.26 Å². The summed E-state index contributed by atoms with van der Waals surface area (Å²) in [6, 6.07) is -0.582. The van der Waals surface area contributed by atoms with Gasteiger partial charge in [0.2, 0.25) is 21.1 Å². The van der Waals surface area contributed by atoms with Gasteiger partial charge in [-0.05, 0) is 23.3 Å². The molecule has 1 N–H and O–H groups in total. The Bertz CT molecular complexity index is 602. The Labute approximate surface area is 127 Å². The zero-order valence-corrected chi connectivity index (χ0v) is 13.5. The van der Waals surface area contributed by atoms with E-state index in [2.05, 4.69) is 20.8 Å². The van der Waals surface area contributed by atoms with Gasteiger partial charge in [-0.25, -0.2) is 13.1 Å². The summed E-state index contributed by atoms with van der Waals surface area (Å²) in [5, 5.41) is 14.5. The second-order valence-corrected chi connectivity index (χ2v) is 7.75. The number of hydrogen-bond acceptors (Lipinski definition) is 7. The third-order valence-electron chi connectivity index (χ3n) is 3.15. The number of thioether (sulfide) groups is 1. The fourth-order valence-corrected chi connectivity index (χ4v) is 4.01. The summed E-state index contributed by atoms with van der Waals surface area (Å²) in [6.07, 6.45) is 2.42. The predicted octanol–water partition coefficient (Wildman–Crippen LogP) is -1.16. The summed E-state index contributed by atoms with van der Waals surface area (Å²) in [4.78, 5) is 12.1. The molecule has 1 aliphatic heterocycles. The van der Waals surface area contributed by atoms with Crippen LogP contribution in [0, 0.1) is 0 Å². The highest BCUT2D eigenvalue weighted by Gasteiger charge is 2.36. The van der Waals surface area contributed by atoms with E-state index in [1.807, 2.05) is 0 Å². The minimum Gasteiger partial charge on any atom is -0.354 e.